The van der Waals surface area contributed by atoms with Crippen molar-refractivity contribution in [2.24, 2.45) is 11.3 Å². The lowest BCUT2D eigenvalue weighted by Gasteiger charge is -2.33. The van der Waals surface area contributed by atoms with Crippen molar-refractivity contribution >= 4 is 0 Å². The molecular formula is C9H10F6. The maximum atomic E-state index is 13.1. The zero-order valence-electron chi connectivity index (χ0n) is 8.35. The zero-order chi connectivity index (χ0) is 12.2. The van der Waals surface area contributed by atoms with E-state index in [1.54, 1.807) is 0 Å². The van der Waals surface area contributed by atoms with E-state index in [-0.39, 0.29) is 0 Å². The molecule has 0 fully saturated rings. The summed E-state index contributed by atoms with van der Waals surface area (Å²) in [6, 6.07) is 0. The summed E-state index contributed by atoms with van der Waals surface area (Å²) in [6.45, 7) is 3.46. The van der Waals surface area contributed by atoms with Gasteiger partial charge in [-0.2, -0.15) is 17.6 Å². The number of allylic oxidation sites excluding steroid dienone is 2. The van der Waals surface area contributed by atoms with E-state index in [2.05, 4.69) is 0 Å². The highest BCUT2D eigenvalue weighted by atomic mass is 19.3. The molecule has 0 aromatic heterocycles. The third-order valence-corrected chi connectivity index (χ3v) is 2.39. The van der Waals surface area contributed by atoms with Crippen molar-refractivity contribution in [1.82, 2.24) is 0 Å². The van der Waals surface area contributed by atoms with Crippen LogP contribution in [0.15, 0.2) is 11.7 Å². The Hall–Kier alpha value is -0.680. The largest absolute Gasteiger partial charge is 0.364 e. The summed E-state index contributed by atoms with van der Waals surface area (Å²) in [4.78, 5) is 0. The van der Waals surface area contributed by atoms with Crippen LogP contribution in [0, 0.1) is 11.3 Å². The first kappa shape index (κ1) is 12.4. The predicted octanol–water partition coefficient (Wildman–Crippen LogP) is 4.08. The Morgan fingerprint density at radius 1 is 1.00 bits per heavy atom. The van der Waals surface area contributed by atoms with E-state index >= 15 is 0 Å². The molecule has 88 valence electrons. The molecule has 0 spiro atoms. The molecule has 1 rings (SSSR count). The first-order valence-corrected chi connectivity index (χ1v) is 4.25. The first-order valence-electron chi connectivity index (χ1n) is 4.25. The van der Waals surface area contributed by atoms with Crippen LogP contribution in [0.4, 0.5) is 26.3 Å². The maximum Gasteiger partial charge on any atom is 0.364 e. The van der Waals surface area contributed by atoms with Gasteiger partial charge < -0.3 is 0 Å². The quantitative estimate of drug-likeness (QED) is 0.552. The lowest BCUT2D eigenvalue weighted by Crippen LogP contribution is -2.46. The smallest absolute Gasteiger partial charge is 0.208 e. The second-order valence-corrected chi connectivity index (χ2v) is 4.66. The van der Waals surface area contributed by atoms with Crippen molar-refractivity contribution < 1.29 is 26.3 Å². The molecule has 0 radical (unpaired) electrons. The predicted molar refractivity (Wildman–Crippen MR) is 42.1 cm³/mol. The van der Waals surface area contributed by atoms with Gasteiger partial charge in [0, 0.05) is 0 Å². The van der Waals surface area contributed by atoms with Gasteiger partial charge >= 0.3 is 11.8 Å². The van der Waals surface area contributed by atoms with E-state index in [9.17, 15) is 26.3 Å². The van der Waals surface area contributed by atoms with Gasteiger partial charge in [-0.05, 0) is 5.41 Å². The van der Waals surface area contributed by atoms with Crippen molar-refractivity contribution in [3.8, 4) is 0 Å². The molecule has 0 nitrogen and oxygen atoms in total. The Kier molecular flexibility index (Phi) is 2.41. The first-order chi connectivity index (χ1) is 6.44. The summed E-state index contributed by atoms with van der Waals surface area (Å²) in [5.74, 6) is -16.9. The number of rotatable bonds is 0. The molecule has 15 heavy (non-hydrogen) atoms. The number of hydrogen-bond donors (Lipinski definition) is 0. The molecule has 0 amide bonds. The summed E-state index contributed by atoms with van der Waals surface area (Å²) in [5.41, 5.74) is -1.48. The molecule has 0 aromatic rings. The molecule has 0 N–H and O–H groups in total. The summed E-state index contributed by atoms with van der Waals surface area (Å²) in [7, 11) is 0. The van der Waals surface area contributed by atoms with E-state index in [1.165, 1.54) is 0 Å². The Morgan fingerprint density at radius 3 is 1.53 bits per heavy atom. The van der Waals surface area contributed by atoms with Crippen molar-refractivity contribution in [2.75, 3.05) is 0 Å². The number of alkyl halides is 4. The minimum Gasteiger partial charge on any atom is -0.208 e. The molecule has 1 unspecified atom stereocenters. The van der Waals surface area contributed by atoms with Gasteiger partial charge in [-0.1, -0.05) is 20.8 Å². The Bertz CT molecular complexity index is 309. The Morgan fingerprint density at radius 2 is 1.40 bits per heavy atom. The minimum atomic E-state index is -5.05. The van der Waals surface area contributed by atoms with Crippen molar-refractivity contribution in [2.45, 2.75) is 32.6 Å². The van der Waals surface area contributed by atoms with Crippen LogP contribution >= 0.6 is 0 Å². The van der Waals surface area contributed by atoms with E-state index in [4.69, 9.17) is 0 Å². The van der Waals surface area contributed by atoms with Gasteiger partial charge in [0.05, 0.1) is 5.92 Å². The molecule has 6 heteroatoms. The third-order valence-electron chi connectivity index (χ3n) is 2.39. The second-order valence-electron chi connectivity index (χ2n) is 4.66. The molecule has 1 aliphatic carbocycles. The second kappa shape index (κ2) is 2.92. The SMILES string of the molecule is CC(C)(C)C1C(F)=C(F)C(F)(F)C1(F)F. The van der Waals surface area contributed by atoms with Crippen LogP contribution < -0.4 is 0 Å². The maximum absolute atomic E-state index is 13.1. The van der Waals surface area contributed by atoms with E-state index in [0.717, 1.165) is 20.8 Å². The number of hydrogen-bond acceptors (Lipinski definition) is 0. The fraction of sp³-hybridized carbons (Fsp3) is 0.778. The normalized spacial score (nSPS) is 29.8. The molecular weight excluding hydrogens is 222 g/mol. The average molecular weight is 232 g/mol. The van der Waals surface area contributed by atoms with Gasteiger partial charge in [0.25, 0.3) is 0 Å². The van der Waals surface area contributed by atoms with Crippen LogP contribution in [-0.2, 0) is 0 Å². The molecule has 1 aliphatic rings. The van der Waals surface area contributed by atoms with Crippen LogP contribution in [0.25, 0.3) is 0 Å². The van der Waals surface area contributed by atoms with Gasteiger partial charge in [-0.15, -0.1) is 0 Å². The number of halogens is 6. The van der Waals surface area contributed by atoms with Gasteiger partial charge in [0.15, 0.2) is 0 Å². The molecule has 0 saturated heterocycles. The lowest BCUT2D eigenvalue weighted by molar-refractivity contribution is -0.216. The van der Waals surface area contributed by atoms with E-state index in [1.807, 2.05) is 0 Å². The fourth-order valence-electron chi connectivity index (χ4n) is 1.69. The lowest BCUT2D eigenvalue weighted by atomic mass is 9.77. The van der Waals surface area contributed by atoms with Crippen molar-refractivity contribution in [3.63, 3.8) is 0 Å². The van der Waals surface area contributed by atoms with Crippen LogP contribution in [-0.4, -0.2) is 11.8 Å². The van der Waals surface area contributed by atoms with Crippen LogP contribution in [0.3, 0.4) is 0 Å². The van der Waals surface area contributed by atoms with Crippen molar-refractivity contribution in [1.29, 1.82) is 0 Å². The van der Waals surface area contributed by atoms with E-state index in [0.29, 0.717) is 0 Å². The average Bonchev–Trinajstić information content (AvgIpc) is 2.08. The molecule has 0 aromatic carbocycles. The topological polar surface area (TPSA) is 0 Å². The van der Waals surface area contributed by atoms with Gasteiger partial charge in [0.1, 0.15) is 5.83 Å². The zero-order valence-corrected chi connectivity index (χ0v) is 8.35. The molecule has 1 atom stereocenters. The third kappa shape index (κ3) is 1.45. The molecule has 0 heterocycles. The summed E-state index contributed by atoms with van der Waals surface area (Å²) >= 11 is 0. The standard InChI is InChI=1S/C9H10F6/c1-7(2,3)5-4(10)6(11)9(14,15)8(5,12)13/h5H,1-3H3. The summed E-state index contributed by atoms with van der Waals surface area (Å²) in [5, 5.41) is 0. The minimum absolute atomic E-state index is 1.15. The highest BCUT2D eigenvalue weighted by Crippen LogP contribution is 2.60. The molecule has 0 saturated carbocycles. The van der Waals surface area contributed by atoms with Crippen LogP contribution in [0.2, 0.25) is 0 Å². The van der Waals surface area contributed by atoms with Crippen LogP contribution in [0.1, 0.15) is 20.8 Å². The summed E-state index contributed by atoms with van der Waals surface area (Å²) < 4.78 is 77.3. The van der Waals surface area contributed by atoms with E-state index < -0.39 is 34.8 Å². The van der Waals surface area contributed by atoms with Crippen molar-refractivity contribution in [3.05, 3.63) is 11.7 Å². The fourth-order valence-corrected chi connectivity index (χ4v) is 1.69. The highest BCUT2D eigenvalue weighted by molar-refractivity contribution is 5.29. The van der Waals surface area contributed by atoms with Gasteiger partial charge in [-0.25, -0.2) is 8.78 Å². The molecule has 0 aliphatic heterocycles. The van der Waals surface area contributed by atoms with Crippen LogP contribution in [0.5, 0.6) is 0 Å². The highest BCUT2D eigenvalue weighted by Gasteiger charge is 2.73. The molecule has 0 bridgehead atoms. The summed E-state index contributed by atoms with van der Waals surface area (Å²) in [6.07, 6.45) is 0. The Balaban J connectivity index is 3.34. The Labute approximate surface area is 83.0 Å². The monoisotopic (exact) mass is 232 g/mol. The van der Waals surface area contributed by atoms with Gasteiger partial charge in [-0.3, -0.25) is 0 Å². The van der Waals surface area contributed by atoms with Gasteiger partial charge in [0.2, 0.25) is 5.83 Å².